The third kappa shape index (κ3) is 2.32. The van der Waals surface area contributed by atoms with Gasteiger partial charge in [0.25, 0.3) is 10.1 Å². The van der Waals surface area contributed by atoms with Crippen molar-refractivity contribution >= 4 is 10.1 Å². The molecular formula is C8H14O3S. The maximum atomic E-state index is 10.7. The van der Waals surface area contributed by atoms with Gasteiger partial charge in [0.1, 0.15) is 0 Å². The lowest BCUT2D eigenvalue weighted by molar-refractivity contribution is 0.468. The van der Waals surface area contributed by atoms with Crippen LogP contribution < -0.4 is 0 Å². The monoisotopic (exact) mass is 190 g/mol. The molecular weight excluding hydrogens is 176 g/mol. The molecule has 0 bridgehead atoms. The average Bonchev–Trinajstić information content (AvgIpc) is 2.35. The summed E-state index contributed by atoms with van der Waals surface area (Å²) < 4.78 is 30.2. The molecule has 70 valence electrons. The summed E-state index contributed by atoms with van der Waals surface area (Å²) in [6, 6.07) is 0. The van der Waals surface area contributed by atoms with E-state index in [4.69, 9.17) is 4.55 Å². The third-order valence-electron chi connectivity index (χ3n) is 2.19. The highest BCUT2D eigenvalue weighted by Gasteiger charge is 2.29. The Labute approximate surface area is 73.2 Å². The fourth-order valence-corrected chi connectivity index (χ4v) is 2.41. The van der Waals surface area contributed by atoms with Gasteiger partial charge in [0.05, 0.1) is 5.25 Å². The maximum Gasteiger partial charge on any atom is 0.268 e. The molecule has 3 nitrogen and oxygen atoms in total. The van der Waals surface area contributed by atoms with E-state index < -0.39 is 15.4 Å². The minimum Gasteiger partial charge on any atom is -0.285 e. The van der Waals surface area contributed by atoms with Gasteiger partial charge in [0.15, 0.2) is 0 Å². The van der Waals surface area contributed by atoms with Gasteiger partial charge in [-0.15, -0.1) is 0 Å². The van der Waals surface area contributed by atoms with Crippen LogP contribution in [0.15, 0.2) is 11.6 Å². The highest BCUT2D eigenvalue weighted by atomic mass is 32.2. The minimum absolute atomic E-state index is 0.521. The van der Waals surface area contributed by atoms with E-state index in [-0.39, 0.29) is 0 Å². The average molecular weight is 190 g/mol. The second-order valence-corrected chi connectivity index (χ2v) is 4.85. The molecule has 1 atom stereocenters. The smallest absolute Gasteiger partial charge is 0.268 e. The lowest BCUT2D eigenvalue weighted by atomic mass is 10.2. The first-order valence-electron chi connectivity index (χ1n) is 4.18. The van der Waals surface area contributed by atoms with Crippen LogP contribution in [0.4, 0.5) is 0 Å². The topological polar surface area (TPSA) is 54.4 Å². The quantitative estimate of drug-likeness (QED) is 0.533. The number of hydrogen-bond acceptors (Lipinski definition) is 2. The molecule has 0 aromatic rings. The molecule has 1 aliphatic carbocycles. The molecule has 0 heterocycles. The normalized spacial score (nSPS) is 28.2. The second-order valence-electron chi connectivity index (χ2n) is 3.15. The third-order valence-corrected chi connectivity index (χ3v) is 3.44. The van der Waals surface area contributed by atoms with Gasteiger partial charge in [0.2, 0.25) is 0 Å². The van der Waals surface area contributed by atoms with E-state index >= 15 is 0 Å². The summed E-state index contributed by atoms with van der Waals surface area (Å²) in [4.78, 5) is 0. The van der Waals surface area contributed by atoms with Gasteiger partial charge in [-0.3, -0.25) is 4.55 Å². The Morgan fingerprint density at radius 2 is 2.33 bits per heavy atom. The summed E-state index contributed by atoms with van der Waals surface area (Å²) in [6.07, 6.45) is 4.90. The first-order valence-corrected chi connectivity index (χ1v) is 5.68. The number of hydrogen-bond donors (Lipinski definition) is 1. The fraction of sp³-hybridized carbons (Fsp3) is 0.750. The SMILES string of the molecule is CCC=C1CCC(S(=O)(=O)O)C1. The van der Waals surface area contributed by atoms with E-state index in [1.165, 1.54) is 5.57 Å². The van der Waals surface area contributed by atoms with Crippen LogP contribution in [0.25, 0.3) is 0 Å². The predicted octanol–water partition coefficient (Wildman–Crippen LogP) is 1.76. The van der Waals surface area contributed by atoms with Crippen LogP contribution in [0.5, 0.6) is 0 Å². The van der Waals surface area contributed by atoms with Gasteiger partial charge in [-0.1, -0.05) is 18.6 Å². The van der Waals surface area contributed by atoms with Crippen molar-refractivity contribution in [3.05, 3.63) is 11.6 Å². The van der Waals surface area contributed by atoms with Crippen molar-refractivity contribution in [3.63, 3.8) is 0 Å². The molecule has 1 fully saturated rings. The highest BCUT2D eigenvalue weighted by molar-refractivity contribution is 7.86. The Bertz CT molecular complexity index is 277. The molecule has 4 heteroatoms. The zero-order valence-corrected chi connectivity index (χ0v) is 7.97. The zero-order valence-electron chi connectivity index (χ0n) is 7.16. The van der Waals surface area contributed by atoms with Crippen LogP contribution in [-0.4, -0.2) is 18.2 Å². The minimum atomic E-state index is -3.79. The van der Waals surface area contributed by atoms with E-state index in [0.717, 1.165) is 12.8 Å². The lowest BCUT2D eigenvalue weighted by Gasteiger charge is -2.02. The van der Waals surface area contributed by atoms with Crippen molar-refractivity contribution < 1.29 is 13.0 Å². The molecule has 1 rings (SSSR count). The highest BCUT2D eigenvalue weighted by Crippen LogP contribution is 2.29. The van der Waals surface area contributed by atoms with Crippen LogP contribution in [-0.2, 0) is 10.1 Å². The Morgan fingerprint density at radius 3 is 2.75 bits per heavy atom. The Hall–Kier alpha value is -0.350. The fourth-order valence-electron chi connectivity index (χ4n) is 1.57. The number of rotatable bonds is 2. The van der Waals surface area contributed by atoms with Gasteiger partial charge in [-0.05, 0) is 25.7 Å². The van der Waals surface area contributed by atoms with Gasteiger partial charge in [0, 0.05) is 0 Å². The Balaban J connectivity index is 2.64. The van der Waals surface area contributed by atoms with E-state index in [9.17, 15) is 8.42 Å². The molecule has 0 aromatic heterocycles. The van der Waals surface area contributed by atoms with Crippen molar-refractivity contribution in [2.24, 2.45) is 0 Å². The van der Waals surface area contributed by atoms with E-state index in [1.807, 2.05) is 13.0 Å². The zero-order chi connectivity index (χ0) is 9.19. The molecule has 0 aliphatic heterocycles. The molecule has 1 aliphatic rings. The van der Waals surface area contributed by atoms with Gasteiger partial charge >= 0.3 is 0 Å². The molecule has 12 heavy (non-hydrogen) atoms. The summed E-state index contributed by atoms with van der Waals surface area (Å²) >= 11 is 0. The summed E-state index contributed by atoms with van der Waals surface area (Å²) in [5.41, 5.74) is 1.17. The molecule has 1 unspecified atom stereocenters. The summed E-state index contributed by atoms with van der Waals surface area (Å²) in [5.74, 6) is 0. The van der Waals surface area contributed by atoms with Crippen molar-refractivity contribution in [2.75, 3.05) is 0 Å². The molecule has 0 spiro atoms. The first-order chi connectivity index (χ1) is 5.54. The Morgan fingerprint density at radius 1 is 1.67 bits per heavy atom. The molecule has 0 saturated heterocycles. The van der Waals surface area contributed by atoms with Crippen LogP contribution in [0.2, 0.25) is 0 Å². The van der Waals surface area contributed by atoms with E-state index in [2.05, 4.69) is 0 Å². The summed E-state index contributed by atoms with van der Waals surface area (Å²) in [6.45, 7) is 2.02. The second kappa shape index (κ2) is 3.58. The largest absolute Gasteiger partial charge is 0.285 e. The molecule has 1 N–H and O–H groups in total. The van der Waals surface area contributed by atoms with Crippen molar-refractivity contribution in [1.82, 2.24) is 0 Å². The predicted molar refractivity (Wildman–Crippen MR) is 47.6 cm³/mol. The van der Waals surface area contributed by atoms with Crippen LogP contribution >= 0.6 is 0 Å². The van der Waals surface area contributed by atoms with Crippen molar-refractivity contribution in [1.29, 1.82) is 0 Å². The summed E-state index contributed by atoms with van der Waals surface area (Å²) in [7, 11) is -3.79. The molecule has 0 aromatic carbocycles. The summed E-state index contributed by atoms with van der Waals surface area (Å²) in [5, 5.41) is -0.546. The standard InChI is InChI=1S/C8H14O3S/c1-2-3-7-4-5-8(6-7)12(9,10)11/h3,8H,2,4-6H2,1H3,(H,9,10,11). The van der Waals surface area contributed by atoms with Gasteiger partial charge < -0.3 is 0 Å². The number of allylic oxidation sites excluding steroid dienone is 2. The van der Waals surface area contributed by atoms with Crippen LogP contribution in [0.1, 0.15) is 32.6 Å². The van der Waals surface area contributed by atoms with Crippen molar-refractivity contribution in [2.45, 2.75) is 37.9 Å². The van der Waals surface area contributed by atoms with Crippen LogP contribution in [0, 0.1) is 0 Å². The van der Waals surface area contributed by atoms with Crippen molar-refractivity contribution in [3.8, 4) is 0 Å². The molecule has 0 amide bonds. The lowest BCUT2D eigenvalue weighted by Crippen LogP contribution is -2.15. The van der Waals surface area contributed by atoms with Crippen LogP contribution in [0.3, 0.4) is 0 Å². The van der Waals surface area contributed by atoms with E-state index in [1.54, 1.807) is 0 Å². The van der Waals surface area contributed by atoms with Gasteiger partial charge in [-0.25, -0.2) is 0 Å². The van der Waals surface area contributed by atoms with Gasteiger partial charge in [-0.2, -0.15) is 8.42 Å². The Kier molecular flexibility index (Phi) is 2.90. The molecule has 1 saturated carbocycles. The van der Waals surface area contributed by atoms with E-state index in [0.29, 0.717) is 12.8 Å². The first kappa shape index (κ1) is 9.74. The molecule has 0 radical (unpaired) electrons. The maximum absolute atomic E-state index is 10.7.